The van der Waals surface area contributed by atoms with E-state index in [0.717, 1.165) is 17.5 Å². The van der Waals surface area contributed by atoms with Crippen LogP contribution in [0.3, 0.4) is 0 Å². The third kappa shape index (κ3) is 2.63. The second-order valence-corrected chi connectivity index (χ2v) is 6.38. The number of carboxylic acid groups (broad SMARTS) is 1. The Labute approximate surface area is 124 Å². The topological polar surface area (TPSA) is 66.4 Å². The van der Waals surface area contributed by atoms with Crippen LogP contribution >= 0.6 is 11.3 Å². The number of carboxylic acids is 1. The van der Waals surface area contributed by atoms with Gasteiger partial charge in [0.2, 0.25) is 0 Å². The van der Waals surface area contributed by atoms with E-state index < -0.39 is 17.9 Å². The maximum atomic E-state index is 13.3. The lowest BCUT2D eigenvalue weighted by molar-refractivity contribution is -0.139. The van der Waals surface area contributed by atoms with Crippen LogP contribution in [0, 0.1) is 18.7 Å². The zero-order valence-electron chi connectivity index (χ0n) is 11.4. The Morgan fingerprint density at radius 2 is 2.14 bits per heavy atom. The highest BCUT2D eigenvalue weighted by atomic mass is 32.1. The fourth-order valence-electron chi connectivity index (χ4n) is 2.43. The molecule has 0 spiro atoms. The number of thiophene rings is 1. The first-order valence-corrected chi connectivity index (χ1v) is 7.51. The summed E-state index contributed by atoms with van der Waals surface area (Å²) in [6.07, 6.45) is 1.65. The van der Waals surface area contributed by atoms with Crippen molar-refractivity contribution in [3.63, 3.8) is 0 Å². The number of hydrogen-bond donors (Lipinski definition) is 2. The summed E-state index contributed by atoms with van der Waals surface area (Å²) in [5.41, 5.74) is 0.687. The van der Waals surface area contributed by atoms with E-state index >= 15 is 0 Å². The molecule has 6 heteroatoms. The number of hydrogen-bond acceptors (Lipinski definition) is 3. The quantitative estimate of drug-likeness (QED) is 0.912. The van der Waals surface area contributed by atoms with Gasteiger partial charge in [0.05, 0.1) is 4.88 Å². The van der Waals surface area contributed by atoms with Crippen molar-refractivity contribution in [3.05, 3.63) is 34.5 Å². The van der Waals surface area contributed by atoms with Gasteiger partial charge < -0.3 is 10.4 Å². The van der Waals surface area contributed by atoms with E-state index in [1.165, 1.54) is 23.5 Å². The van der Waals surface area contributed by atoms with Crippen LogP contribution in [0.25, 0.3) is 10.1 Å². The Balaban J connectivity index is 1.90. The van der Waals surface area contributed by atoms with Crippen LogP contribution in [-0.4, -0.2) is 23.0 Å². The van der Waals surface area contributed by atoms with Gasteiger partial charge in [-0.3, -0.25) is 4.79 Å². The van der Waals surface area contributed by atoms with Crippen LogP contribution in [0.1, 0.15) is 28.1 Å². The van der Waals surface area contributed by atoms with E-state index in [0.29, 0.717) is 15.8 Å². The van der Waals surface area contributed by atoms with Crippen LogP contribution in [0.15, 0.2) is 18.2 Å². The minimum atomic E-state index is -1.00. The zero-order chi connectivity index (χ0) is 15.1. The molecular formula is C15H14FNO3S. The molecule has 1 heterocycles. The van der Waals surface area contributed by atoms with E-state index in [4.69, 9.17) is 5.11 Å². The average molecular weight is 307 g/mol. The lowest BCUT2D eigenvalue weighted by Crippen LogP contribution is -2.42. The number of fused-ring (bicyclic) bond motifs is 1. The van der Waals surface area contributed by atoms with E-state index in [1.54, 1.807) is 13.0 Å². The van der Waals surface area contributed by atoms with Gasteiger partial charge >= 0.3 is 5.97 Å². The molecule has 110 valence electrons. The van der Waals surface area contributed by atoms with E-state index in [9.17, 15) is 14.0 Å². The minimum absolute atomic E-state index is 0.0265. The molecule has 0 radical (unpaired) electrons. The van der Waals surface area contributed by atoms with Crippen LogP contribution in [-0.2, 0) is 4.79 Å². The van der Waals surface area contributed by atoms with Crippen molar-refractivity contribution in [1.82, 2.24) is 5.32 Å². The maximum absolute atomic E-state index is 13.3. The second-order valence-electron chi connectivity index (χ2n) is 5.32. The van der Waals surface area contributed by atoms with Crippen LogP contribution in [0.2, 0.25) is 0 Å². The predicted octanol–water partition coefficient (Wildman–Crippen LogP) is 2.94. The third-order valence-corrected chi connectivity index (χ3v) is 5.02. The average Bonchev–Trinajstić information content (AvgIpc) is 3.21. The van der Waals surface area contributed by atoms with Crippen molar-refractivity contribution < 1.29 is 19.1 Å². The molecule has 1 unspecified atom stereocenters. The zero-order valence-corrected chi connectivity index (χ0v) is 12.2. The molecule has 1 atom stereocenters. The lowest BCUT2D eigenvalue weighted by atomic mass is 10.1. The monoisotopic (exact) mass is 307 g/mol. The third-order valence-electron chi connectivity index (χ3n) is 3.75. The first-order chi connectivity index (χ1) is 9.97. The summed E-state index contributed by atoms with van der Waals surface area (Å²) in [5, 5.41) is 12.5. The largest absolute Gasteiger partial charge is 0.480 e. The predicted molar refractivity (Wildman–Crippen MR) is 78.1 cm³/mol. The van der Waals surface area contributed by atoms with Gasteiger partial charge in [-0.15, -0.1) is 11.3 Å². The first kappa shape index (κ1) is 14.0. The molecule has 2 aromatic rings. The van der Waals surface area contributed by atoms with Gasteiger partial charge in [0.1, 0.15) is 11.9 Å². The molecule has 1 amide bonds. The number of halogens is 1. The van der Waals surface area contributed by atoms with Crippen molar-refractivity contribution in [2.45, 2.75) is 25.8 Å². The Hall–Kier alpha value is -1.95. The highest BCUT2D eigenvalue weighted by Gasteiger charge is 2.37. The number of carbonyl (C=O) groups excluding carboxylic acids is 1. The summed E-state index contributed by atoms with van der Waals surface area (Å²) in [4.78, 5) is 23.9. The molecule has 2 N–H and O–H groups in total. The minimum Gasteiger partial charge on any atom is -0.480 e. The van der Waals surface area contributed by atoms with Gasteiger partial charge in [0, 0.05) is 4.70 Å². The van der Waals surface area contributed by atoms with E-state index in [-0.39, 0.29) is 11.7 Å². The fraction of sp³-hybridized carbons (Fsp3) is 0.333. The molecule has 1 aromatic carbocycles. The molecule has 0 bridgehead atoms. The number of rotatable bonds is 4. The maximum Gasteiger partial charge on any atom is 0.326 e. The van der Waals surface area contributed by atoms with Gasteiger partial charge in [0.15, 0.2) is 0 Å². The Kier molecular flexibility index (Phi) is 3.41. The number of amides is 1. The highest BCUT2D eigenvalue weighted by molar-refractivity contribution is 7.21. The first-order valence-electron chi connectivity index (χ1n) is 6.69. The Morgan fingerprint density at radius 3 is 2.76 bits per heavy atom. The van der Waals surface area contributed by atoms with Crippen molar-refractivity contribution in [2.24, 2.45) is 5.92 Å². The smallest absolute Gasteiger partial charge is 0.326 e. The summed E-state index contributed by atoms with van der Waals surface area (Å²) in [5.74, 6) is -1.72. The molecule has 1 fully saturated rings. The van der Waals surface area contributed by atoms with Gasteiger partial charge in [-0.25, -0.2) is 9.18 Å². The van der Waals surface area contributed by atoms with Crippen molar-refractivity contribution in [2.75, 3.05) is 0 Å². The highest BCUT2D eigenvalue weighted by Crippen LogP contribution is 2.34. The van der Waals surface area contributed by atoms with Gasteiger partial charge in [0.25, 0.3) is 5.91 Å². The molecule has 0 saturated heterocycles. The van der Waals surface area contributed by atoms with Gasteiger partial charge in [-0.05, 0) is 54.8 Å². The molecule has 1 aromatic heterocycles. The molecule has 4 nitrogen and oxygen atoms in total. The standard InChI is InChI=1S/C15H14FNO3S/c1-7-10-6-9(16)4-5-11(10)21-13(7)14(18)17-12(15(19)20)8-2-3-8/h4-6,8,12H,2-3H2,1H3,(H,17,18)(H,19,20). The SMILES string of the molecule is Cc1c(C(=O)NC(C(=O)O)C2CC2)sc2ccc(F)cc12. The Morgan fingerprint density at radius 1 is 1.43 bits per heavy atom. The number of benzene rings is 1. The molecular weight excluding hydrogens is 293 g/mol. The van der Waals surface area contributed by atoms with E-state index in [2.05, 4.69) is 5.32 Å². The van der Waals surface area contributed by atoms with Crippen molar-refractivity contribution in [1.29, 1.82) is 0 Å². The summed E-state index contributed by atoms with van der Waals surface area (Å²) in [6.45, 7) is 1.75. The molecule has 1 saturated carbocycles. The van der Waals surface area contributed by atoms with Gasteiger partial charge in [-0.1, -0.05) is 0 Å². The summed E-state index contributed by atoms with van der Waals surface area (Å²) >= 11 is 1.25. The number of aliphatic carboxylic acids is 1. The van der Waals surface area contributed by atoms with Crippen molar-refractivity contribution in [3.8, 4) is 0 Å². The molecule has 0 aliphatic heterocycles. The normalized spacial score (nSPS) is 15.9. The number of nitrogens with one attached hydrogen (secondary N) is 1. The molecule has 1 aliphatic rings. The summed E-state index contributed by atoms with van der Waals surface area (Å²) in [7, 11) is 0. The lowest BCUT2D eigenvalue weighted by Gasteiger charge is -2.13. The van der Waals surface area contributed by atoms with Crippen LogP contribution in [0.5, 0.6) is 0 Å². The fourth-order valence-corrected chi connectivity index (χ4v) is 3.52. The second kappa shape index (κ2) is 5.11. The van der Waals surface area contributed by atoms with Crippen molar-refractivity contribution >= 4 is 33.3 Å². The summed E-state index contributed by atoms with van der Waals surface area (Å²) < 4.78 is 14.1. The summed E-state index contributed by atoms with van der Waals surface area (Å²) in [6, 6.07) is 3.55. The van der Waals surface area contributed by atoms with Gasteiger partial charge in [-0.2, -0.15) is 0 Å². The number of carbonyl (C=O) groups is 2. The molecule has 21 heavy (non-hydrogen) atoms. The number of aryl methyl sites for hydroxylation is 1. The Bertz CT molecular complexity index is 736. The van der Waals surface area contributed by atoms with Crippen LogP contribution in [0.4, 0.5) is 4.39 Å². The molecule has 1 aliphatic carbocycles. The molecule has 3 rings (SSSR count). The van der Waals surface area contributed by atoms with Crippen LogP contribution < -0.4 is 5.32 Å². The van der Waals surface area contributed by atoms with E-state index in [1.807, 2.05) is 0 Å².